The zero-order chi connectivity index (χ0) is 21.4. The SMILES string of the molecule is CC(=O)c1c(C)[nH]c(C(=O)Nc2cc(-c3nnc4n3CCCCC4)ccc2F)c1C. The van der Waals surface area contributed by atoms with Gasteiger partial charge in [-0.2, -0.15) is 0 Å². The molecule has 0 unspecified atom stereocenters. The number of halogens is 1. The van der Waals surface area contributed by atoms with Crippen molar-refractivity contribution in [2.75, 3.05) is 5.32 Å². The number of Topliss-reactive ketones (excluding diaryl/α,β-unsaturated/α-hetero) is 1. The van der Waals surface area contributed by atoms with Gasteiger partial charge in [-0.05, 0) is 57.4 Å². The Hall–Kier alpha value is -3.29. The maximum absolute atomic E-state index is 14.5. The molecule has 1 amide bonds. The highest BCUT2D eigenvalue weighted by molar-refractivity contribution is 6.07. The second kappa shape index (κ2) is 7.85. The number of aromatic nitrogens is 4. The number of nitrogens with one attached hydrogen (secondary N) is 2. The van der Waals surface area contributed by atoms with E-state index < -0.39 is 11.7 Å². The number of carbonyl (C=O) groups excluding carboxylic acids is 2. The molecule has 2 N–H and O–H groups in total. The Bertz CT molecular complexity index is 1140. The molecule has 156 valence electrons. The standard InChI is InChI=1S/C22H24FN5O2/c1-12-19(14(3)29)13(2)24-20(12)22(30)25-17-11-15(8-9-16(17)23)21-27-26-18-7-5-4-6-10-28(18)21/h8-9,11,24H,4-7,10H2,1-3H3,(H,25,30). The van der Waals surface area contributed by atoms with Gasteiger partial charge in [0.25, 0.3) is 5.91 Å². The molecule has 0 spiro atoms. The van der Waals surface area contributed by atoms with Crippen LogP contribution >= 0.6 is 0 Å². The predicted octanol–water partition coefficient (Wildman–Crippen LogP) is 4.21. The van der Waals surface area contributed by atoms with Crippen LogP contribution in [0.15, 0.2) is 18.2 Å². The quantitative estimate of drug-likeness (QED) is 0.632. The Morgan fingerprint density at radius 3 is 2.70 bits per heavy atom. The van der Waals surface area contributed by atoms with Crippen molar-refractivity contribution >= 4 is 17.4 Å². The van der Waals surface area contributed by atoms with Gasteiger partial charge in [0.05, 0.1) is 5.69 Å². The Morgan fingerprint density at radius 1 is 1.17 bits per heavy atom. The van der Waals surface area contributed by atoms with E-state index >= 15 is 0 Å². The number of aromatic amines is 1. The number of rotatable bonds is 4. The molecule has 1 aliphatic heterocycles. The van der Waals surface area contributed by atoms with Gasteiger partial charge in [0.1, 0.15) is 17.3 Å². The van der Waals surface area contributed by atoms with E-state index in [-0.39, 0.29) is 17.2 Å². The fourth-order valence-corrected chi connectivity index (χ4v) is 4.15. The van der Waals surface area contributed by atoms with Crippen LogP contribution in [0.25, 0.3) is 11.4 Å². The molecule has 8 heteroatoms. The van der Waals surface area contributed by atoms with Crippen LogP contribution in [-0.4, -0.2) is 31.4 Å². The number of anilines is 1. The van der Waals surface area contributed by atoms with Crippen LogP contribution in [0.5, 0.6) is 0 Å². The third-order valence-corrected chi connectivity index (χ3v) is 5.60. The summed E-state index contributed by atoms with van der Waals surface area (Å²) in [6, 6.07) is 4.54. The van der Waals surface area contributed by atoms with E-state index in [1.165, 1.54) is 13.0 Å². The minimum absolute atomic E-state index is 0.0551. The average Bonchev–Trinajstić information content (AvgIpc) is 3.14. The van der Waals surface area contributed by atoms with E-state index in [1.54, 1.807) is 26.0 Å². The molecule has 4 rings (SSSR count). The third kappa shape index (κ3) is 3.53. The number of aryl methyl sites for hydroxylation is 2. The van der Waals surface area contributed by atoms with Gasteiger partial charge in [0.15, 0.2) is 11.6 Å². The Balaban J connectivity index is 1.65. The molecule has 0 saturated heterocycles. The second-order valence-electron chi connectivity index (χ2n) is 7.73. The van der Waals surface area contributed by atoms with Gasteiger partial charge in [-0.3, -0.25) is 9.59 Å². The highest BCUT2D eigenvalue weighted by Gasteiger charge is 2.22. The van der Waals surface area contributed by atoms with Crippen LogP contribution < -0.4 is 5.32 Å². The van der Waals surface area contributed by atoms with Gasteiger partial charge in [-0.25, -0.2) is 4.39 Å². The van der Waals surface area contributed by atoms with Gasteiger partial charge >= 0.3 is 0 Å². The van der Waals surface area contributed by atoms with Crippen molar-refractivity contribution in [2.24, 2.45) is 0 Å². The van der Waals surface area contributed by atoms with Crippen molar-refractivity contribution in [1.82, 2.24) is 19.7 Å². The van der Waals surface area contributed by atoms with E-state index in [2.05, 4.69) is 25.1 Å². The number of fused-ring (bicyclic) bond motifs is 1. The summed E-state index contributed by atoms with van der Waals surface area (Å²) in [6.07, 6.45) is 4.15. The molecule has 1 aliphatic rings. The topological polar surface area (TPSA) is 92.7 Å². The summed E-state index contributed by atoms with van der Waals surface area (Å²) >= 11 is 0. The van der Waals surface area contributed by atoms with Crippen molar-refractivity contribution in [2.45, 2.75) is 53.0 Å². The molecule has 0 aliphatic carbocycles. The summed E-state index contributed by atoms with van der Waals surface area (Å²) in [6.45, 7) is 5.72. The number of H-pyrrole nitrogens is 1. The molecule has 3 heterocycles. The lowest BCUT2D eigenvalue weighted by atomic mass is 10.1. The van der Waals surface area contributed by atoms with Crippen molar-refractivity contribution in [3.63, 3.8) is 0 Å². The van der Waals surface area contributed by atoms with Crippen molar-refractivity contribution in [3.8, 4) is 11.4 Å². The molecule has 0 saturated carbocycles. The summed E-state index contributed by atoms with van der Waals surface area (Å²) in [4.78, 5) is 27.6. The van der Waals surface area contributed by atoms with Crippen molar-refractivity contribution in [1.29, 1.82) is 0 Å². The normalized spacial score (nSPS) is 13.6. The summed E-state index contributed by atoms with van der Waals surface area (Å²) in [5, 5.41) is 11.2. The average molecular weight is 409 g/mol. The molecule has 2 aromatic heterocycles. The van der Waals surface area contributed by atoms with E-state index in [9.17, 15) is 14.0 Å². The minimum Gasteiger partial charge on any atom is -0.354 e. The molecular weight excluding hydrogens is 385 g/mol. The molecule has 1 aromatic carbocycles. The first-order valence-electron chi connectivity index (χ1n) is 10.1. The minimum atomic E-state index is -0.546. The van der Waals surface area contributed by atoms with E-state index in [4.69, 9.17) is 0 Å². The van der Waals surface area contributed by atoms with Crippen LogP contribution in [0.1, 0.15) is 64.1 Å². The largest absolute Gasteiger partial charge is 0.354 e. The van der Waals surface area contributed by atoms with Gasteiger partial charge in [0.2, 0.25) is 0 Å². The number of carbonyl (C=O) groups is 2. The monoisotopic (exact) mass is 409 g/mol. The lowest BCUT2D eigenvalue weighted by molar-refractivity contribution is 0.101. The molecule has 7 nitrogen and oxygen atoms in total. The fourth-order valence-electron chi connectivity index (χ4n) is 4.15. The molecular formula is C22H24FN5O2. The molecule has 0 radical (unpaired) electrons. The zero-order valence-corrected chi connectivity index (χ0v) is 17.3. The van der Waals surface area contributed by atoms with Crippen LogP contribution in [0.3, 0.4) is 0 Å². The third-order valence-electron chi connectivity index (χ3n) is 5.60. The fraction of sp³-hybridized carbons (Fsp3) is 0.364. The van der Waals surface area contributed by atoms with Gasteiger partial charge in [0, 0.05) is 29.8 Å². The maximum atomic E-state index is 14.5. The molecule has 0 bridgehead atoms. The first-order valence-corrected chi connectivity index (χ1v) is 10.1. The lowest BCUT2D eigenvalue weighted by Gasteiger charge is -2.10. The number of ketones is 1. The summed E-state index contributed by atoms with van der Waals surface area (Å²) in [7, 11) is 0. The Morgan fingerprint density at radius 2 is 1.97 bits per heavy atom. The summed E-state index contributed by atoms with van der Waals surface area (Å²) < 4.78 is 16.6. The van der Waals surface area contributed by atoms with Crippen molar-refractivity contribution in [3.05, 3.63) is 52.4 Å². The molecule has 0 atom stereocenters. The van der Waals surface area contributed by atoms with E-state index in [0.717, 1.165) is 38.1 Å². The van der Waals surface area contributed by atoms with Gasteiger partial charge < -0.3 is 14.9 Å². The maximum Gasteiger partial charge on any atom is 0.272 e. The summed E-state index contributed by atoms with van der Waals surface area (Å²) in [5.41, 5.74) is 2.65. The van der Waals surface area contributed by atoms with Crippen molar-refractivity contribution < 1.29 is 14.0 Å². The highest BCUT2D eigenvalue weighted by Crippen LogP contribution is 2.27. The molecule has 30 heavy (non-hydrogen) atoms. The Kier molecular flexibility index (Phi) is 5.24. The smallest absolute Gasteiger partial charge is 0.272 e. The van der Waals surface area contributed by atoms with E-state index in [0.29, 0.717) is 28.2 Å². The highest BCUT2D eigenvalue weighted by atomic mass is 19.1. The second-order valence-corrected chi connectivity index (χ2v) is 7.73. The molecule has 0 fully saturated rings. The number of amides is 1. The van der Waals surface area contributed by atoms with Crippen LogP contribution in [-0.2, 0) is 13.0 Å². The first kappa shape index (κ1) is 20.0. The summed E-state index contributed by atoms with van der Waals surface area (Å²) in [5.74, 6) is 0.440. The van der Waals surface area contributed by atoms with Crippen LogP contribution in [0.2, 0.25) is 0 Å². The number of hydrogen-bond donors (Lipinski definition) is 2. The first-order chi connectivity index (χ1) is 14.4. The van der Waals surface area contributed by atoms with Crippen LogP contribution in [0, 0.1) is 19.7 Å². The van der Waals surface area contributed by atoms with E-state index in [1.807, 2.05) is 0 Å². The number of benzene rings is 1. The van der Waals surface area contributed by atoms with Crippen LogP contribution in [0.4, 0.5) is 10.1 Å². The predicted molar refractivity (Wildman–Crippen MR) is 111 cm³/mol. The number of nitrogens with zero attached hydrogens (tertiary/aromatic N) is 3. The number of hydrogen-bond acceptors (Lipinski definition) is 4. The molecule has 3 aromatic rings. The van der Waals surface area contributed by atoms with Gasteiger partial charge in [-0.1, -0.05) is 6.42 Å². The Labute approximate surface area is 173 Å². The van der Waals surface area contributed by atoms with Gasteiger partial charge in [-0.15, -0.1) is 10.2 Å². The lowest BCUT2D eigenvalue weighted by Crippen LogP contribution is -2.15. The zero-order valence-electron chi connectivity index (χ0n) is 17.3.